The van der Waals surface area contributed by atoms with Crippen LogP contribution in [0.15, 0.2) is 46.7 Å². The van der Waals surface area contributed by atoms with Gasteiger partial charge in [-0.2, -0.15) is 5.26 Å². The summed E-state index contributed by atoms with van der Waals surface area (Å²) in [6, 6.07) is 8.15. The van der Waals surface area contributed by atoms with Crippen molar-refractivity contribution < 1.29 is 0 Å². The number of aryl methyl sites for hydroxylation is 1. The number of guanidine groups is 1. The van der Waals surface area contributed by atoms with Gasteiger partial charge in [-0.15, -0.1) is 11.8 Å². The van der Waals surface area contributed by atoms with E-state index in [1.165, 1.54) is 0 Å². The Labute approximate surface area is 180 Å². The Morgan fingerprint density at radius 3 is 3.00 bits per heavy atom. The molecule has 1 fully saturated rings. The molecule has 1 unspecified atom stereocenters. The molecule has 9 heteroatoms. The van der Waals surface area contributed by atoms with Crippen LogP contribution in [0.1, 0.15) is 12.5 Å². The second-order valence-electron chi connectivity index (χ2n) is 7.25. The van der Waals surface area contributed by atoms with E-state index in [-0.39, 0.29) is 6.04 Å². The molecule has 1 saturated heterocycles. The molecular weight excluding hydrogens is 396 g/mol. The lowest BCUT2D eigenvalue weighted by atomic mass is 10.1. The molecule has 8 nitrogen and oxygen atoms in total. The van der Waals surface area contributed by atoms with Crippen LogP contribution in [0.5, 0.6) is 0 Å². The highest BCUT2D eigenvalue weighted by Gasteiger charge is 2.28. The largest absolute Gasteiger partial charge is 0.352 e. The fraction of sp³-hybridized carbons (Fsp3) is 0.333. The molecule has 1 atom stereocenters. The van der Waals surface area contributed by atoms with Gasteiger partial charge in [0.25, 0.3) is 0 Å². The van der Waals surface area contributed by atoms with Gasteiger partial charge in [0.2, 0.25) is 5.96 Å². The maximum atomic E-state index is 9.28. The number of hydrogen-bond acceptors (Lipinski definition) is 6. The number of nitriles is 1. The van der Waals surface area contributed by atoms with E-state index in [1.807, 2.05) is 42.9 Å². The summed E-state index contributed by atoms with van der Waals surface area (Å²) in [7, 11) is 0. The van der Waals surface area contributed by atoms with Gasteiger partial charge < -0.3 is 14.8 Å². The number of rotatable bonds is 3. The first-order valence-electron chi connectivity index (χ1n) is 9.79. The van der Waals surface area contributed by atoms with Gasteiger partial charge in [0.1, 0.15) is 17.8 Å². The first-order chi connectivity index (χ1) is 14.6. The topological polar surface area (TPSA) is 96.2 Å². The molecule has 4 rings (SSSR count). The number of nitrogens with one attached hydrogen (secondary N) is 2. The Bertz CT molecular complexity index is 1120. The number of nitrogens with zero attached hydrogens (tertiary/aromatic N) is 6. The average molecular weight is 421 g/mol. The highest BCUT2D eigenvalue weighted by Crippen LogP contribution is 2.28. The van der Waals surface area contributed by atoms with E-state index in [9.17, 15) is 5.26 Å². The van der Waals surface area contributed by atoms with Crippen molar-refractivity contribution in [1.29, 1.82) is 5.26 Å². The van der Waals surface area contributed by atoms with Crippen LogP contribution >= 0.6 is 11.8 Å². The summed E-state index contributed by atoms with van der Waals surface area (Å²) in [4.78, 5) is 22.4. The first kappa shape index (κ1) is 20.0. The van der Waals surface area contributed by atoms with Crippen LogP contribution in [0.4, 0.5) is 11.5 Å². The summed E-state index contributed by atoms with van der Waals surface area (Å²) in [5, 5.41) is 13.1. The SMILES string of the molecule is CSc1cccc(N=C(NC#N)N2CCN(c3ncnc4[nH]cc(C)c34)CC2C)c1. The van der Waals surface area contributed by atoms with Gasteiger partial charge in [0.05, 0.1) is 11.1 Å². The second-order valence-corrected chi connectivity index (χ2v) is 8.13. The molecule has 154 valence electrons. The van der Waals surface area contributed by atoms with Crippen molar-refractivity contribution in [1.82, 2.24) is 25.2 Å². The maximum absolute atomic E-state index is 9.28. The third kappa shape index (κ3) is 3.91. The highest BCUT2D eigenvalue weighted by atomic mass is 32.2. The second kappa shape index (κ2) is 8.63. The van der Waals surface area contributed by atoms with Crippen molar-refractivity contribution in [3.63, 3.8) is 0 Å². The molecule has 30 heavy (non-hydrogen) atoms. The van der Waals surface area contributed by atoms with Gasteiger partial charge in [-0.1, -0.05) is 6.07 Å². The summed E-state index contributed by atoms with van der Waals surface area (Å²) in [5.41, 5.74) is 2.82. The summed E-state index contributed by atoms with van der Waals surface area (Å²) in [5.74, 6) is 1.53. The van der Waals surface area contributed by atoms with Gasteiger partial charge in [0, 0.05) is 36.8 Å². The Hall–Kier alpha value is -3.25. The molecular formula is C21H24N8S. The number of fused-ring (bicyclic) bond motifs is 1. The number of aromatic amines is 1. The van der Waals surface area contributed by atoms with Crippen LogP contribution < -0.4 is 10.2 Å². The molecule has 0 saturated carbocycles. The predicted octanol–water partition coefficient (Wildman–Crippen LogP) is 3.26. The van der Waals surface area contributed by atoms with E-state index in [1.54, 1.807) is 18.1 Å². The normalized spacial score (nSPS) is 17.3. The smallest absolute Gasteiger partial charge is 0.212 e. The first-order valence-corrected chi connectivity index (χ1v) is 11.0. The van der Waals surface area contributed by atoms with Gasteiger partial charge >= 0.3 is 0 Å². The fourth-order valence-electron chi connectivity index (χ4n) is 3.82. The predicted molar refractivity (Wildman–Crippen MR) is 121 cm³/mol. The van der Waals surface area contributed by atoms with E-state index >= 15 is 0 Å². The fourth-order valence-corrected chi connectivity index (χ4v) is 4.27. The maximum Gasteiger partial charge on any atom is 0.212 e. The summed E-state index contributed by atoms with van der Waals surface area (Å²) in [6.07, 6.45) is 7.65. The molecule has 2 N–H and O–H groups in total. The zero-order chi connectivity index (χ0) is 21.1. The van der Waals surface area contributed by atoms with E-state index in [0.717, 1.165) is 52.6 Å². The molecule has 3 heterocycles. The standard InChI is InChI=1S/C21H24N8S/c1-14-10-23-19-18(14)20(26-13-25-19)28-7-8-29(15(2)11-28)21(24-12-22)27-16-5-4-6-17(9-16)30-3/h4-6,9-10,13,15H,7-8,11H2,1-3H3,(H,24,27)(H,23,25,26). The minimum Gasteiger partial charge on any atom is -0.352 e. The number of piperazine rings is 1. The minimum atomic E-state index is 0.145. The van der Waals surface area contributed by atoms with Crippen LogP contribution in [0.3, 0.4) is 0 Å². The average Bonchev–Trinajstić information content (AvgIpc) is 3.15. The molecule has 3 aromatic rings. The molecule has 0 spiro atoms. The van der Waals surface area contributed by atoms with Gasteiger partial charge in [0.15, 0.2) is 6.19 Å². The lowest BCUT2D eigenvalue weighted by molar-refractivity contribution is 0.291. The zero-order valence-electron chi connectivity index (χ0n) is 17.3. The number of aromatic nitrogens is 3. The Morgan fingerprint density at radius 1 is 1.37 bits per heavy atom. The van der Waals surface area contributed by atoms with Crippen molar-refractivity contribution in [2.75, 3.05) is 30.8 Å². The van der Waals surface area contributed by atoms with E-state index in [4.69, 9.17) is 4.99 Å². The highest BCUT2D eigenvalue weighted by molar-refractivity contribution is 7.98. The van der Waals surface area contributed by atoms with Crippen molar-refractivity contribution in [2.45, 2.75) is 24.8 Å². The zero-order valence-corrected chi connectivity index (χ0v) is 18.1. The number of anilines is 1. The summed E-state index contributed by atoms with van der Waals surface area (Å²) in [6.45, 7) is 6.48. The number of benzene rings is 1. The number of H-pyrrole nitrogens is 1. The molecule has 0 amide bonds. The van der Waals surface area contributed by atoms with Gasteiger partial charge in [-0.05, 0) is 43.9 Å². The summed E-state index contributed by atoms with van der Waals surface area (Å²) >= 11 is 1.67. The third-order valence-electron chi connectivity index (χ3n) is 5.30. The lowest BCUT2D eigenvalue weighted by Gasteiger charge is -2.41. The lowest BCUT2D eigenvalue weighted by Crippen LogP contribution is -2.56. The number of hydrogen-bond donors (Lipinski definition) is 2. The van der Waals surface area contributed by atoms with Crippen LogP contribution in [-0.2, 0) is 0 Å². The van der Waals surface area contributed by atoms with Gasteiger partial charge in [-0.25, -0.2) is 15.0 Å². The summed E-state index contributed by atoms with van der Waals surface area (Å²) < 4.78 is 0. The number of aliphatic imine (C=N–C) groups is 1. The van der Waals surface area contributed by atoms with Gasteiger partial charge in [-0.3, -0.25) is 5.32 Å². The molecule has 0 radical (unpaired) electrons. The molecule has 1 aliphatic rings. The monoisotopic (exact) mass is 420 g/mol. The van der Waals surface area contributed by atoms with E-state index < -0.39 is 0 Å². The van der Waals surface area contributed by atoms with E-state index in [2.05, 4.69) is 43.9 Å². The minimum absolute atomic E-state index is 0.145. The van der Waals surface area contributed by atoms with E-state index in [0.29, 0.717) is 5.96 Å². The molecule has 2 aromatic heterocycles. The Balaban J connectivity index is 1.58. The third-order valence-corrected chi connectivity index (χ3v) is 6.03. The van der Waals surface area contributed by atoms with Crippen molar-refractivity contribution in [3.8, 4) is 6.19 Å². The Kier molecular flexibility index (Phi) is 5.77. The van der Waals surface area contributed by atoms with Crippen molar-refractivity contribution >= 4 is 40.3 Å². The van der Waals surface area contributed by atoms with Crippen LogP contribution in [0.25, 0.3) is 11.0 Å². The Morgan fingerprint density at radius 2 is 2.23 bits per heavy atom. The quantitative estimate of drug-likeness (QED) is 0.221. The van der Waals surface area contributed by atoms with Crippen molar-refractivity contribution in [2.24, 2.45) is 4.99 Å². The number of thioether (sulfide) groups is 1. The molecule has 0 bridgehead atoms. The van der Waals surface area contributed by atoms with Crippen molar-refractivity contribution in [3.05, 3.63) is 42.4 Å². The molecule has 1 aliphatic heterocycles. The van der Waals surface area contributed by atoms with Crippen LogP contribution in [0.2, 0.25) is 0 Å². The van der Waals surface area contributed by atoms with Crippen LogP contribution in [0, 0.1) is 18.4 Å². The van der Waals surface area contributed by atoms with Crippen LogP contribution in [-0.4, -0.2) is 57.7 Å². The molecule has 1 aromatic carbocycles. The molecule has 0 aliphatic carbocycles.